The van der Waals surface area contributed by atoms with Crippen LogP contribution in [0.15, 0.2) is 6.33 Å². The molecule has 0 amide bonds. The predicted molar refractivity (Wildman–Crippen MR) is 50.7 cm³/mol. The second-order valence-electron chi connectivity index (χ2n) is 3.90. The van der Waals surface area contributed by atoms with Crippen molar-refractivity contribution in [2.24, 2.45) is 12.8 Å². The molecule has 1 heterocycles. The lowest BCUT2D eigenvalue weighted by Gasteiger charge is -2.20. The second kappa shape index (κ2) is 3.16. The molecule has 5 heteroatoms. The molecule has 2 rings (SSSR count). The zero-order chi connectivity index (χ0) is 10.2. The van der Waals surface area contributed by atoms with Crippen LogP contribution >= 0.6 is 0 Å². The van der Waals surface area contributed by atoms with Gasteiger partial charge in [0.2, 0.25) is 5.78 Å². The van der Waals surface area contributed by atoms with Gasteiger partial charge < -0.3 is 5.73 Å². The number of carbonyl (C=O) groups is 1. The molecule has 0 saturated heterocycles. The number of carbonyl (C=O) groups excluding carboxylic acids is 1. The van der Waals surface area contributed by atoms with Crippen LogP contribution in [-0.2, 0) is 7.05 Å². The van der Waals surface area contributed by atoms with E-state index in [0.29, 0.717) is 5.82 Å². The molecule has 0 spiro atoms. The van der Waals surface area contributed by atoms with Crippen LogP contribution in [0.3, 0.4) is 0 Å². The van der Waals surface area contributed by atoms with Gasteiger partial charge in [-0.2, -0.15) is 5.10 Å². The average molecular weight is 194 g/mol. The molecule has 0 bridgehead atoms. The van der Waals surface area contributed by atoms with Gasteiger partial charge in [0.15, 0.2) is 5.82 Å². The Kier molecular flexibility index (Phi) is 2.11. The molecule has 0 aromatic carbocycles. The molecular weight excluding hydrogens is 180 g/mol. The van der Waals surface area contributed by atoms with Gasteiger partial charge in [-0.25, -0.2) is 9.67 Å². The van der Waals surface area contributed by atoms with E-state index in [9.17, 15) is 4.79 Å². The molecule has 0 unspecified atom stereocenters. The van der Waals surface area contributed by atoms with Gasteiger partial charge in [0.25, 0.3) is 0 Å². The molecule has 1 aromatic rings. The van der Waals surface area contributed by atoms with Gasteiger partial charge in [0, 0.05) is 7.05 Å². The lowest BCUT2D eigenvalue weighted by atomic mass is 9.93. The fourth-order valence-electron chi connectivity index (χ4n) is 1.96. The monoisotopic (exact) mass is 194 g/mol. The number of rotatable bonds is 2. The highest BCUT2D eigenvalue weighted by atomic mass is 16.1. The minimum atomic E-state index is -0.694. The van der Waals surface area contributed by atoms with Crippen molar-refractivity contribution in [2.45, 2.75) is 31.2 Å². The predicted octanol–water partition coefficient (Wildman–Crippen LogP) is 0.269. The Morgan fingerprint density at radius 1 is 1.57 bits per heavy atom. The topological polar surface area (TPSA) is 73.8 Å². The highest BCUT2D eigenvalue weighted by molar-refractivity contribution is 6.00. The van der Waals surface area contributed by atoms with Crippen molar-refractivity contribution in [3.63, 3.8) is 0 Å². The van der Waals surface area contributed by atoms with Crippen molar-refractivity contribution in [3.05, 3.63) is 12.2 Å². The number of nitrogens with zero attached hydrogens (tertiary/aromatic N) is 3. The van der Waals surface area contributed by atoms with E-state index in [4.69, 9.17) is 5.73 Å². The van der Waals surface area contributed by atoms with E-state index < -0.39 is 5.54 Å². The molecule has 1 fully saturated rings. The summed E-state index contributed by atoms with van der Waals surface area (Å²) >= 11 is 0. The molecule has 1 aliphatic carbocycles. The number of Topliss-reactive ketones (excluding diaryl/α,β-unsaturated/α-hetero) is 1. The van der Waals surface area contributed by atoms with Crippen molar-refractivity contribution in [2.75, 3.05) is 0 Å². The first-order valence-electron chi connectivity index (χ1n) is 4.81. The molecule has 1 aliphatic rings. The summed E-state index contributed by atoms with van der Waals surface area (Å²) in [6, 6.07) is 0. The Labute approximate surface area is 82.3 Å². The largest absolute Gasteiger partial charge is 0.319 e. The zero-order valence-corrected chi connectivity index (χ0v) is 8.23. The molecule has 1 aromatic heterocycles. The van der Waals surface area contributed by atoms with Crippen molar-refractivity contribution in [3.8, 4) is 0 Å². The second-order valence-corrected chi connectivity index (χ2v) is 3.90. The molecule has 5 nitrogen and oxygen atoms in total. The summed E-state index contributed by atoms with van der Waals surface area (Å²) in [6.07, 6.45) is 4.96. The van der Waals surface area contributed by atoms with Crippen molar-refractivity contribution in [1.82, 2.24) is 14.8 Å². The number of aromatic nitrogens is 3. The van der Waals surface area contributed by atoms with E-state index in [2.05, 4.69) is 10.1 Å². The lowest BCUT2D eigenvalue weighted by Crippen LogP contribution is -2.46. The van der Waals surface area contributed by atoms with Crippen LogP contribution in [0, 0.1) is 0 Å². The molecule has 0 atom stereocenters. The summed E-state index contributed by atoms with van der Waals surface area (Å²) in [7, 11) is 1.71. The number of hydrogen-bond acceptors (Lipinski definition) is 4. The fourth-order valence-corrected chi connectivity index (χ4v) is 1.96. The third-order valence-electron chi connectivity index (χ3n) is 2.86. The molecule has 0 radical (unpaired) electrons. The van der Waals surface area contributed by atoms with Gasteiger partial charge in [-0.3, -0.25) is 4.79 Å². The number of aryl methyl sites for hydroxylation is 1. The molecule has 0 aliphatic heterocycles. The Bertz CT molecular complexity index is 351. The molecule has 14 heavy (non-hydrogen) atoms. The van der Waals surface area contributed by atoms with Crippen molar-refractivity contribution in [1.29, 1.82) is 0 Å². The van der Waals surface area contributed by atoms with Gasteiger partial charge in [0.05, 0.1) is 5.54 Å². The van der Waals surface area contributed by atoms with Gasteiger partial charge in [0.1, 0.15) is 6.33 Å². The summed E-state index contributed by atoms with van der Waals surface area (Å²) < 4.78 is 1.48. The summed E-state index contributed by atoms with van der Waals surface area (Å²) in [5, 5.41) is 3.87. The third kappa shape index (κ3) is 1.33. The maximum absolute atomic E-state index is 12.0. The average Bonchev–Trinajstić information content (AvgIpc) is 2.74. The molecule has 1 saturated carbocycles. The van der Waals surface area contributed by atoms with E-state index in [0.717, 1.165) is 25.7 Å². The van der Waals surface area contributed by atoms with Crippen LogP contribution < -0.4 is 5.73 Å². The Hall–Kier alpha value is -1.23. The number of ketones is 1. The fraction of sp³-hybridized carbons (Fsp3) is 0.667. The summed E-state index contributed by atoms with van der Waals surface area (Å²) in [5.41, 5.74) is 5.34. The standard InChI is InChI=1S/C9H14N4O/c1-13-8(11-6-12-13)7(14)9(10)4-2-3-5-9/h6H,2-5,10H2,1H3. The number of nitrogens with two attached hydrogens (primary N) is 1. The van der Waals surface area contributed by atoms with Crippen LogP contribution in [0.2, 0.25) is 0 Å². The first-order valence-corrected chi connectivity index (χ1v) is 4.81. The summed E-state index contributed by atoms with van der Waals surface area (Å²) in [6.45, 7) is 0. The SMILES string of the molecule is Cn1ncnc1C(=O)C1(N)CCCC1. The van der Waals surface area contributed by atoms with Crippen molar-refractivity contribution >= 4 is 5.78 Å². The first kappa shape index (κ1) is 9.33. The Morgan fingerprint density at radius 3 is 2.71 bits per heavy atom. The molecular formula is C9H14N4O. The minimum absolute atomic E-state index is 0.0741. The highest BCUT2D eigenvalue weighted by Crippen LogP contribution is 2.29. The van der Waals surface area contributed by atoms with Crippen LogP contribution in [0.25, 0.3) is 0 Å². The van der Waals surface area contributed by atoms with Crippen LogP contribution in [0.5, 0.6) is 0 Å². The quantitative estimate of drug-likeness (QED) is 0.686. The third-order valence-corrected chi connectivity index (χ3v) is 2.86. The van der Waals surface area contributed by atoms with E-state index in [1.54, 1.807) is 7.05 Å². The normalized spacial score (nSPS) is 19.9. The lowest BCUT2D eigenvalue weighted by molar-refractivity contribution is 0.0876. The minimum Gasteiger partial charge on any atom is -0.319 e. The summed E-state index contributed by atoms with van der Waals surface area (Å²) in [5.74, 6) is 0.296. The van der Waals surface area contributed by atoms with Gasteiger partial charge in [-0.1, -0.05) is 12.8 Å². The maximum Gasteiger partial charge on any atom is 0.219 e. The Balaban J connectivity index is 2.28. The van der Waals surface area contributed by atoms with Gasteiger partial charge >= 0.3 is 0 Å². The zero-order valence-electron chi connectivity index (χ0n) is 8.23. The first-order chi connectivity index (χ1) is 6.63. The maximum atomic E-state index is 12.0. The Morgan fingerprint density at radius 2 is 2.21 bits per heavy atom. The smallest absolute Gasteiger partial charge is 0.219 e. The highest BCUT2D eigenvalue weighted by Gasteiger charge is 2.39. The number of hydrogen-bond donors (Lipinski definition) is 1. The van der Waals surface area contributed by atoms with Crippen LogP contribution in [0.1, 0.15) is 36.3 Å². The van der Waals surface area contributed by atoms with Crippen LogP contribution in [0.4, 0.5) is 0 Å². The van der Waals surface area contributed by atoms with Gasteiger partial charge in [-0.05, 0) is 12.8 Å². The van der Waals surface area contributed by atoms with E-state index in [1.165, 1.54) is 11.0 Å². The summed E-state index contributed by atoms with van der Waals surface area (Å²) in [4.78, 5) is 15.9. The molecule has 76 valence electrons. The van der Waals surface area contributed by atoms with E-state index in [-0.39, 0.29) is 5.78 Å². The van der Waals surface area contributed by atoms with E-state index in [1.807, 2.05) is 0 Å². The molecule has 2 N–H and O–H groups in total. The van der Waals surface area contributed by atoms with Crippen LogP contribution in [-0.4, -0.2) is 26.1 Å². The van der Waals surface area contributed by atoms with E-state index >= 15 is 0 Å². The van der Waals surface area contributed by atoms with Crippen molar-refractivity contribution < 1.29 is 4.79 Å². The van der Waals surface area contributed by atoms with Gasteiger partial charge in [-0.15, -0.1) is 0 Å².